The van der Waals surface area contributed by atoms with Crippen LogP contribution in [0.15, 0.2) is 0 Å². The Morgan fingerprint density at radius 2 is 1.94 bits per heavy atom. The van der Waals surface area contributed by atoms with Gasteiger partial charge in [0.1, 0.15) is 0 Å². The Morgan fingerprint density at radius 1 is 1.31 bits per heavy atom. The third-order valence-corrected chi connectivity index (χ3v) is 3.71. The van der Waals surface area contributed by atoms with Gasteiger partial charge < -0.3 is 5.73 Å². The van der Waals surface area contributed by atoms with Gasteiger partial charge in [0.2, 0.25) is 0 Å². The van der Waals surface area contributed by atoms with Crippen molar-refractivity contribution < 1.29 is 0 Å². The van der Waals surface area contributed by atoms with Gasteiger partial charge in [-0.2, -0.15) is 0 Å². The zero-order valence-corrected chi connectivity index (χ0v) is 11.8. The highest BCUT2D eigenvalue weighted by Gasteiger charge is 2.29. The number of nitrogens with two attached hydrogens (primary N) is 1. The molecule has 1 heterocycles. The predicted molar refractivity (Wildman–Crippen MR) is 71.5 cm³/mol. The summed E-state index contributed by atoms with van der Waals surface area (Å²) in [5.41, 5.74) is 6.62. The van der Waals surface area contributed by atoms with Crippen LogP contribution in [0.3, 0.4) is 0 Å². The van der Waals surface area contributed by atoms with Crippen molar-refractivity contribution in [3.63, 3.8) is 0 Å². The molecule has 0 aromatic rings. The van der Waals surface area contributed by atoms with E-state index in [9.17, 15) is 0 Å². The van der Waals surface area contributed by atoms with E-state index in [0.29, 0.717) is 17.5 Å². The highest BCUT2D eigenvalue weighted by Crippen LogP contribution is 2.30. The Morgan fingerprint density at radius 3 is 2.44 bits per heavy atom. The molecule has 0 amide bonds. The molecule has 2 N–H and O–H groups in total. The second-order valence-electron chi connectivity index (χ2n) is 6.84. The third kappa shape index (κ3) is 4.42. The molecule has 16 heavy (non-hydrogen) atoms. The van der Waals surface area contributed by atoms with E-state index < -0.39 is 0 Å². The molecule has 3 unspecified atom stereocenters. The molecule has 2 heteroatoms. The van der Waals surface area contributed by atoms with Crippen molar-refractivity contribution in [2.75, 3.05) is 13.1 Å². The lowest BCUT2D eigenvalue weighted by atomic mass is 9.80. The number of piperidine rings is 1. The van der Waals surface area contributed by atoms with Crippen LogP contribution in [0.4, 0.5) is 0 Å². The van der Waals surface area contributed by atoms with E-state index >= 15 is 0 Å². The topological polar surface area (TPSA) is 29.3 Å². The van der Waals surface area contributed by atoms with Crippen LogP contribution >= 0.6 is 0 Å². The van der Waals surface area contributed by atoms with Gasteiger partial charge in [0.15, 0.2) is 0 Å². The van der Waals surface area contributed by atoms with Crippen molar-refractivity contribution >= 4 is 0 Å². The fourth-order valence-electron chi connectivity index (χ4n) is 2.92. The molecule has 1 saturated heterocycles. The van der Waals surface area contributed by atoms with Crippen LogP contribution in [0.2, 0.25) is 0 Å². The smallest absolute Gasteiger partial charge is 0.0171 e. The summed E-state index contributed by atoms with van der Waals surface area (Å²) in [6.45, 7) is 13.9. The third-order valence-electron chi connectivity index (χ3n) is 3.71. The molecular weight excluding hydrogens is 196 g/mol. The van der Waals surface area contributed by atoms with Crippen molar-refractivity contribution in [2.24, 2.45) is 17.1 Å². The van der Waals surface area contributed by atoms with Crippen LogP contribution in [-0.4, -0.2) is 30.1 Å². The summed E-state index contributed by atoms with van der Waals surface area (Å²) < 4.78 is 0. The number of rotatable bonds is 3. The van der Waals surface area contributed by atoms with E-state index in [2.05, 4.69) is 39.5 Å². The Hall–Kier alpha value is -0.0800. The molecule has 0 aromatic heterocycles. The van der Waals surface area contributed by atoms with E-state index in [1.54, 1.807) is 0 Å². The molecule has 1 aliphatic rings. The zero-order chi connectivity index (χ0) is 12.3. The maximum Gasteiger partial charge on any atom is 0.0171 e. The molecular formula is C14H30N2. The summed E-state index contributed by atoms with van der Waals surface area (Å²) in [4.78, 5) is 2.59. The van der Waals surface area contributed by atoms with Crippen LogP contribution < -0.4 is 5.73 Å². The first-order chi connectivity index (χ1) is 7.31. The Balaban J connectivity index is 2.54. The summed E-state index contributed by atoms with van der Waals surface area (Å²) in [5, 5.41) is 0. The van der Waals surface area contributed by atoms with Gasteiger partial charge in [-0.25, -0.2) is 0 Å². The molecule has 2 nitrogen and oxygen atoms in total. The van der Waals surface area contributed by atoms with Gasteiger partial charge in [-0.15, -0.1) is 0 Å². The second kappa shape index (κ2) is 5.50. The highest BCUT2D eigenvalue weighted by atomic mass is 15.2. The number of likely N-dealkylation sites (tertiary alicyclic amines) is 1. The summed E-state index contributed by atoms with van der Waals surface area (Å²) in [5.74, 6) is 0.790. The molecule has 1 fully saturated rings. The van der Waals surface area contributed by atoms with Crippen LogP contribution in [0.5, 0.6) is 0 Å². The number of nitrogens with zero attached hydrogens (tertiary/aromatic N) is 1. The minimum absolute atomic E-state index is 0.384. The van der Waals surface area contributed by atoms with E-state index in [1.807, 2.05) is 0 Å². The van der Waals surface area contributed by atoms with Gasteiger partial charge in [0.25, 0.3) is 0 Å². The van der Waals surface area contributed by atoms with E-state index in [-0.39, 0.29) is 0 Å². The summed E-state index contributed by atoms with van der Waals surface area (Å²) >= 11 is 0. The monoisotopic (exact) mass is 226 g/mol. The average molecular weight is 226 g/mol. The number of hydrogen-bond donors (Lipinski definition) is 1. The molecule has 0 saturated carbocycles. The molecule has 0 bridgehead atoms. The minimum atomic E-state index is 0.384. The molecule has 3 atom stereocenters. The van der Waals surface area contributed by atoms with Crippen molar-refractivity contribution in [1.29, 1.82) is 0 Å². The molecule has 0 aliphatic carbocycles. The summed E-state index contributed by atoms with van der Waals surface area (Å²) in [6.07, 6.45) is 3.74. The van der Waals surface area contributed by atoms with Crippen LogP contribution in [0.1, 0.15) is 53.9 Å². The molecule has 0 aromatic carbocycles. The van der Waals surface area contributed by atoms with Crippen LogP contribution in [0.25, 0.3) is 0 Å². The molecule has 1 aliphatic heterocycles. The van der Waals surface area contributed by atoms with Gasteiger partial charge in [0.05, 0.1) is 0 Å². The lowest BCUT2D eigenvalue weighted by Crippen LogP contribution is -2.50. The first-order valence-electron chi connectivity index (χ1n) is 6.81. The van der Waals surface area contributed by atoms with Gasteiger partial charge in [-0.1, -0.05) is 27.7 Å². The molecule has 1 rings (SSSR count). The first-order valence-corrected chi connectivity index (χ1v) is 6.81. The van der Waals surface area contributed by atoms with E-state index in [0.717, 1.165) is 12.5 Å². The van der Waals surface area contributed by atoms with Gasteiger partial charge in [0, 0.05) is 25.2 Å². The van der Waals surface area contributed by atoms with Crippen LogP contribution in [0, 0.1) is 11.3 Å². The van der Waals surface area contributed by atoms with Crippen molar-refractivity contribution in [2.45, 2.75) is 66.0 Å². The van der Waals surface area contributed by atoms with Crippen molar-refractivity contribution in [3.05, 3.63) is 0 Å². The Kier molecular flexibility index (Phi) is 4.81. The SMILES string of the molecule is CCC(C)N1CC(N)CC(CC(C)(C)C)C1. The average Bonchev–Trinajstić information content (AvgIpc) is 2.12. The normalized spacial score (nSPS) is 30.4. The fourth-order valence-corrected chi connectivity index (χ4v) is 2.92. The van der Waals surface area contributed by atoms with E-state index in [4.69, 9.17) is 5.73 Å². The van der Waals surface area contributed by atoms with Gasteiger partial charge in [-0.05, 0) is 37.5 Å². The van der Waals surface area contributed by atoms with Crippen molar-refractivity contribution in [1.82, 2.24) is 4.90 Å². The van der Waals surface area contributed by atoms with E-state index in [1.165, 1.54) is 25.8 Å². The fraction of sp³-hybridized carbons (Fsp3) is 1.00. The number of hydrogen-bond acceptors (Lipinski definition) is 2. The Bertz CT molecular complexity index is 207. The van der Waals surface area contributed by atoms with Gasteiger partial charge in [-0.3, -0.25) is 4.90 Å². The van der Waals surface area contributed by atoms with Crippen molar-refractivity contribution in [3.8, 4) is 0 Å². The maximum atomic E-state index is 6.19. The summed E-state index contributed by atoms with van der Waals surface area (Å²) in [7, 11) is 0. The first kappa shape index (κ1) is 14.0. The highest BCUT2D eigenvalue weighted by molar-refractivity contribution is 4.85. The summed E-state index contributed by atoms with van der Waals surface area (Å²) in [6, 6.07) is 1.07. The minimum Gasteiger partial charge on any atom is -0.327 e. The van der Waals surface area contributed by atoms with Crippen LogP contribution in [-0.2, 0) is 0 Å². The maximum absolute atomic E-state index is 6.19. The lowest BCUT2D eigenvalue weighted by molar-refractivity contribution is 0.0932. The quantitative estimate of drug-likeness (QED) is 0.802. The largest absolute Gasteiger partial charge is 0.327 e. The molecule has 96 valence electrons. The predicted octanol–water partition coefficient (Wildman–Crippen LogP) is 2.87. The molecule has 0 radical (unpaired) electrons. The van der Waals surface area contributed by atoms with Gasteiger partial charge >= 0.3 is 0 Å². The standard InChI is InChI=1S/C14H30N2/c1-6-11(2)16-9-12(7-13(15)10-16)8-14(3,4)5/h11-13H,6-10,15H2,1-5H3. The zero-order valence-electron chi connectivity index (χ0n) is 11.8. The molecule has 0 spiro atoms. The lowest BCUT2D eigenvalue weighted by Gasteiger charge is -2.41. The second-order valence-corrected chi connectivity index (χ2v) is 6.84. The Labute approximate surface area is 102 Å².